The van der Waals surface area contributed by atoms with Crippen LogP contribution in [0.5, 0.6) is 5.75 Å². The van der Waals surface area contributed by atoms with Crippen LogP contribution < -0.4 is 4.74 Å². The van der Waals surface area contributed by atoms with Crippen LogP contribution >= 0.6 is 0 Å². The highest BCUT2D eigenvalue weighted by molar-refractivity contribution is 5.64. The lowest BCUT2D eigenvalue weighted by Gasteiger charge is -2.36. The first-order valence-electron chi connectivity index (χ1n) is 13.9. The Bertz CT molecular complexity index is 882. The highest BCUT2D eigenvalue weighted by Gasteiger charge is 2.36. The molecule has 0 amide bonds. The van der Waals surface area contributed by atoms with Crippen molar-refractivity contribution in [1.82, 2.24) is 0 Å². The van der Waals surface area contributed by atoms with E-state index in [1.165, 1.54) is 25.7 Å². The molecule has 2 aromatic carbocycles. The Labute approximate surface area is 217 Å². The van der Waals surface area contributed by atoms with Crippen molar-refractivity contribution in [3.8, 4) is 16.9 Å². The molecular weight excluding hydrogens is 452 g/mol. The van der Waals surface area contributed by atoms with Crippen LogP contribution in [0.2, 0.25) is 0 Å². The minimum Gasteiger partial charge on any atom is -0.494 e. The lowest BCUT2D eigenvalue weighted by atomic mass is 9.78. The number of hydrogen-bond donors (Lipinski definition) is 1. The highest BCUT2D eigenvalue weighted by atomic mass is 16.7. The van der Waals surface area contributed by atoms with Gasteiger partial charge in [-0.15, -0.1) is 0 Å². The van der Waals surface area contributed by atoms with Crippen LogP contribution in [-0.2, 0) is 15.1 Å². The molecule has 0 aromatic heterocycles. The van der Waals surface area contributed by atoms with Gasteiger partial charge in [0, 0.05) is 0 Å². The number of ether oxygens (including phenoxy) is 3. The second-order valence-electron chi connectivity index (χ2n) is 10.0. The second-order valence-corrected chi connectivity index (χ2v) is 10.0. The van der Waals surface area contributed by atoms with Gasteiger partial charge in [0.2, 0.25) is 0 Å². The third-order valence-electron chi connectivity index (χ3n) is 7.12. The van der Waals surface area contributed by atoms with Crippen molar-refractivity contribution in [3.05, 3.63) is 54.1 Å². The highest BCUT2D eigenvalue weighted by Crippen LogP contribution is 2.39. The zero-order valence-corrected chi connectivity index (χ0v) is 22.2. The first kappa shape index (κ1) is 28.0. The molecule has 5 heteroatoms. The van der Waals surface area contributed by atoms with Crippen molar-refractivity contribution in [2.75, 3.05) is 13.2 Å². The Morgan fingerprint density at radius 1 is 0.806 bits per heavy atom. The summed E-state index contributed by atoms with van der Waals surface area (Å²) >= 11 is 0. The zero-order chi connectivity index (χ0) is 25.6. The summed E-state index contributed by atoms with van der Waals surface area (Å²) in [6, 6.07) is 16.4. The van der Waals surface area contributed by atoms with E-state index in [9.17, 15) is 9.90 Å². The lowest BCUT2D eigenvalue weighted by molar-refractivity contribution is -0.0538. The second kappa shape index (κ2) is 14.9. The molecule has 1 fully saturated rings. The molecule has 1 aliphatic carbocycles. The monoisotopic (exact) mass is 496 g/mol. The molecule has 198 valence electrons. The summed E-state index contributed by atoms with van der Waals surface area (Å²) in [5, 5.41) is 11.3. The summed E-state index contributed by atoms with van der Waals surface area (Å²) in [6.07, 6.45) is 10.8. The number of carbonyl (C=O) groups excluding carboxylic acids is 1. The first-order valence-corrected chi connectivity index (χ1v) is 13.9. The topological polar surface area (TPSA) is 65.0 Å². The molecule has 3 rings (SSSR count). The minimum absolute atomic E-state index is 0.194. The fourth-order valence-corrected chi connectivity index (χ4v) is 4.77. The van der Waals surface area contributed by atoms with E-state index in [0.29, 0.717) is 32.3 Å². The zero-order valence-electron chi connectivity index (χ0n) is 22.2. The maximum atomic E-state index is 11.9. The molecular formula is C31H44O5. The molecule has 36 heavy (non-hydrogen) atoms. The van der Waals surface area contributed by atoms with Crippen molar-refractivity contribution in [3.63, 3.8) is 0 Å². The first-order chi connectivity index (χ1) is 17.5. The Hall–Kier alpha value is -2.53. The van der Waals surface area contributed by atoms with Gasteiger partial charge < -0.3 is 19.3 Å². The standard InChI is InChI=1S/C31H44O5/c1-3-5-7-8-10-23-34-28-17-13-26(14-18-28)25-11-15-27(16-12-25)31(33)21-19-29(20-22-31)36-30(32)35-24-9-6-4-2/h11-18,29,33H,3-10,19-24H2,1-2H3. The average molecular weight is 497 g/mol. The van der Waals surface area contributed by atoms with E-state index >= 15 is 0 Å². The molecule has 5 nitrogen and oxygen atoms in total. The summed E-state index contributed by atoms with van der Waals surface area (Å²) in [5.41, 5.74) is 2.25. The van der Waals surface area contributed by atoms with E-state index in [0.717, 1.165) is 54.7 Å². The van der Waals surface area contributed by atoms with E-state index in [4.69, 9.17) is 14.2 Å². The van der Waals surface area contributed by atoms with Crippen molar-refractivity contribution in [1.29, 1.82) is 0 Å². The number of benzene rings is 2. The van der Waals surface area contributed by atoms with Crippen molar-refractivity contribution in [2.24, 2.45) is 0 Å². The van der Waals surface area contributed by atoms with Crippen LogP contribution in [0.1, 0.15) is 96.5 Å². The number of hydrogen-bond acceptors (Lipinski definition) is 5. The molecule has 0 atom stereocenters. The largest absolute Gasteiger partial charge is 0.508 e. The normalized spacial score (nSPS) is 19.6. The van der Waals surface area contributed by atoms with Gasteiger partial charge in [-0.25, -0.2) is 4.79 Å². The summed E-state index contributed by atoms with van der Waals surface area (Å²) in [7, 11) is 0. The van der Waals surface area contributed by atoms with Crippen molar-refractivity contribution >= 4 is 6.16 Å². The number of aliphatic hydroxyl groups is 1. The number of unbranched alkanes of at least 4 members (excludes halogenated alkanes) is 6. The fraction of sp³-hybridized carbons (Fsp3) is 0.581. The summed E-state index contributed by atoms with van der Waals surface area (Å²) in [6.45, 7) is 5.51. The molecule has 1 N–H and O–H groups in total. The summed E-state index contributed by atoms with van der Waals surface area (Å²) < 4.78 is 16.5. The van der Waals surface area contributed by atoms with Gasteiger partial charge >= 0.3 is 6.16 Å². The Morgan fingerprint density at radius 2 is 1.36 bits per heavy atom. The number of carbonyl (C=O) groups is 1. The third-order valence-corrected chi connectivity index (χ3v) is 7.12. The SMILES string of the molecule is CCCCCCCOc1ccc(-c2ccc(C3(O)CCC(OC(=O)OCCCCC)CC3)cc2)cc1. The van der Waals surface area contributed by atoms with Gasteiger partial charge in [0.05, 0.1) is 18.8 Å². The van der Waals surface area contributed by atoms with E-state index in [1.807, 2.05) is 24.3 Å². The Balaban J connectivity index is 1.44. The molecule has 2 aromatic rings. The van der Waals surface area contributed by atoms with E-state index in [-0.39, 0.29) is 6.10 Å². The van der Waals surface area contributed by atoms with Crippen LogP contribution in [-0.4, -0.2) is 30.6 Å². The third kappa shape index (κ3) is 8.85. The maximum Gasteiger partial charge on any atom is 0.508 e. The van der Waals surface area contributed by atoms with Gasteiger partial charge in [0.15, 0.2) is 0 Å². The minimum atomic E-state index is -0.891. The van der Waals surface area contributed by atoms with Gasteiger partial charge in [-0.3, -0.25) is 0 Å². The Kier molecular flexibility index (Phi) is 11.6. The molecule has 0 saturated heterocycles. The van der Waals surface area contributed by atoms with Gasteiger partial charge in [-0.1, -0.05) is 88.8 Å². The number of rotatable bonds is 14. The molecule has 0 radical (unpaired) electrons. The molecule has 0 unspecified atom stereocenters. The molecule has 1 aliphatic rings. The molecule has 0 aliphatic heterocycles. The van der Waals surface area contributed by atoms with E-state index < -0.39 is 11.8 Å². The molecule has 0 bridgehead atoms. The van der Waals surface area contributed by atoms with E-state index in [2.05, 4.69) is 38.1 Å². The molecule has 1 saturated carbocycles. The van der Waals surface area contributed by atoms with Gasteiger partial charge in [-0.05, 0) is 67.3 Å². The smallest absolute Gasteiger partial charge is 0.494 e. The average Bonchev–Trinajstić information content (AvgIpc) is 2.90. The van der Waals surface area contributed by atoms with Gasteiger partial charge in [-0.2, -0.15) is 0 Å². The van der Waals surface area contributed by atoms with Crippen LogP contribution in [0.4, 0.5) is 4.79 Å². The molecule has 0 spiro atoms. The van der Waals surface area contributed by atoms with E-state index in [1.54, 1.807) is 0 Å². The van der Waals surface area contributed by atoms with Crippen LogP contribution in [0.3, 0.4) is 0 Å². The van der Waals surface area contributed by atoms with Crippen LogP contribution in [0, 0.1) is 0 Å². The van der Waals surface area contributed by atoms with Gasteiger partial charge in [0.1, 0.15) is 11.9 Å². The maximum absolute atomic E-state index is 11.9. The summed E-state index contributed by atoms with van der Waals surface area (Å²) in [4.78, 5) is 11.9. The van der Waals surface area contributed by atoms with Gasteiger partial charge in [0.25, 0.3) is 0 Å². The van der Waals surface area contributed by atoms with Crippen LogP contribution in [0.15, 0.2) is 48.5 Å². The molecule has 0 heterocycles. The Morgan fingerprint density at radius 3 is 2.00 bits per heavy atom. The predicted octanol–water partition coefficient (Wildman–Crippen LogP) is 8.18. The van der Waals surface area contributed by atoms with Crippen LogP contribution in [0.25, 0.3) is 11.1 Å². The fourth-order valence-electron chi connectivity index (χ4n) is 4.77. The predicted molar refractivity (Wildman–Crippen MR) is 144 cm³/mol. The van der Waals surface area contributed by atoms with Crippen molar-refractivity contribution < 1.29 is 24.1 Å². The summed E-state index contributed by atoms with van der Waals surface area (Å²) in [5.74, 6) is 0.906. The van der Waals surface area contributed by atoms with Crippen molar-refractivity contribution in [2.45, 2.75) is 103 Å². The lowest BCUT2D eigenvalue weighted by Crippen LogP contribution is -2.35. The quantitative estimate of drug-likeness (QED) is 0.211.